The molecule has 0 bridgehead atoms. The quantitative estimate of drug-likeness (QED) is 0.163. The molecular weight excluding hydrogens is 899 g/mol. The van der Waals surface area contributed by atoms with Gasteiger partial charge in [0.2, 0.25) is 0 Å². The Morgan fingerprint density at radius 3 is 1.54 bits per heavy atom. The third kappa shape index (κ3) is 5.59. The molecule has 0 atom stereocenters. The van der Waals surface area contributed by atoms with Gasteiger partial charge in [-0.05, 0) is 102 Å². The van der Waals surface area contributed by atoms with Gasteiger partial charge < -0.3 is 13.7 Å². The molecule has 5 heteroatoms. The maximum absolute atomic E-state index is 2.59. The molecule has 0 unspecified atom stereocenters. The third-order valence-corrected chi connectivity index (χ3v) is 17.7. The van der Waals surface area contributed by atoms with Crippen LogP contribution in [-0.2, 0) is 6.42 Å². The van der Waals surface area contributed by atoms with Gasteiger partial charge in [0.25, 0.3) is 0 Å². The molecule has 3 nitrogen and oxygen atoms in total. The molecule has 15 aromatic rings. The maximum atomic E-state index is 2.59. The largest absolute Gasteiger partial charge is 0.313 e. The number of rotatable bonds is 5. The highest BCUT2D eigenvalue weighted by atomic mass is 32.1. The van der Waals surface area contributed by atoms with E-state index in [2.05, 4.69) is 238 Å². The minimum atomic E-state index is 0.970. The van der Waals surface area contributed by atoms with Gasteiger partial charge in [-0.15, -0.1) is 22.7 Å². The molecule has 0 spiro atoms. The van der Waals surface area contributed by atoms with Crippen molar-refractivity contribution in [3.05, 3.63) is 230 Å². The van der Waals surface area contributed by atoms with Crippen molar-refractivity contribution in [2.24, 2.45) is 0 Å². The fourth-order valence-corrected chi connectivity index (χ4v) is 14.8. The van der Waals surface area contributed by atoms with Gasteiger partial charge in [-0.1, -0.05) is 158 Å². The monoisotopic (exact) mass is 939 g/mol. The fraction of sp³-hybridized carbons (Fsp3) is 0.0303. The summed E-state index contributed by atoms with van der Waals surface area (Å²) in [5, 5.41) is 11.6. The van der Waals surface area contributed by atoms with Crippen LogP contribution >= 0.6 is 22.7 Å². The summed E-state index contributed by atoms with van der Waals surface area (Å²) in [6.07, 6.45) is 6.76. The minimum Gasteiger partial charge on any atom is -0.313 e. The van der Waals surface area contributed by atoms with Crippen molar-refractivity contribution in [3.8, 4) is 39.3 Å². The lowest BCUT2D eigenvalue weighted by Crippen LogP contribution is -2.03. The van der Waals surface area contributed by atoms with Gasteiger partial charge in [0, 0.05) is 95.6 Å². The molecule has 0 N–H and O–H groups in total. The Morgan fingerprint density at radius 2 is 0.873 bits per heavy atom. The van der Waals surface area contributed by atoms with Gasteiger partial charge in [0.1, 0.15) is 0 Å². The molecule has 1 aliphatic rings. The molecule has 1 aliphatic carbocycles. The van der Waals surface area contributed by atoms with Crippen molar-refractivity contribution < 1.29 is 0 Å². The van der Waals surface area contributed by atoms with Crippen LogP contribution < -0.4 is 0 Å². The van der Waals surface area contributed by atoms with Gasteiger partial charge in [-0.25, -0.2) is 0 Å². The zero-order valence-corrected chi connectivity index (χ0v) is 40.1. The van der Waals surface area contributed by atoms with Crippen LogP contribution in [0.4, 0.5) is 0 Å². The van der Waals surface area contributed by atoms with E-state index < -0.39 is 0 Å². The van der Waals surface area contributed by atoms with Crippen molar-refractivity contribution >= 4 is 124 Å². The number of para-hydroxylation sites is 2. The molecule has 5 heterocycles. The second kappa shape index (κ2) is 15.0. The molecule has 0 fully saturated rings. The molecule has 0 saturated carbocycles. The van der Waals surface area contributed by atoms with Crippen molar-refractivity contribution in [1.82, 2.24) is 13.7 Å². The van der Waals surface area contributed by atoms with Crippen molar-refractivity contribution in [2.45, 2.75) is 12.8 Å². The number of thiophene rings is 2. The Kier molecular flexibility index (Phi) is 8.32. The number of hydrogen-bond acceptors (Lipinski definition) is 2. The number of hydrogen-bond donors (Lipinski definition) is 0. The molecule has 71 heavy (non-hydrogen) atoms. The van der Waals surface area contributed by atoms with Crippen molar-refractivity contribution in [3.63, 3.8) is 0 Å². The Morgan fingerprint density at radius 1 is 0.352 bits per heavy atom. The lowest BCUT2D eigenvalue weighted by atomic mass is 10.00. The summed E-state index contributed by atoms with van der Waals surface area (Å²) in [4.78, 5) is 0. The van der Waals surface area contributed by atoms with Crippen LogP contribution in [0.5, 0.6) is 0 Å². The van der Waals surface area contributed by atoms with Crippen LogP contribution in [0.3, 0.4) is 0 Å². The van der Waals surface area contributed by atoms with E-state index in [-0.39, 0.29) is 0 Å². The first-order chi connectivity index (χ1) is 35.2. The van der Waals surface area contributed by atoms with Crippen LogP contribution in [0, 0.1) is 0 Å². The fourth-order valence-electron chi connectivity index (χ4n) is 12.3. The van der Waals surface area contributed by atoms with E-state index in [0.717, 1.165) is 24.2 Å². The normalized spacial score (nSPS) is 12.9. The molecule has 5 aromatic heterocycles. The average Bonchev–Trinajstić information content (AvgIpc) is 4.25. The van der Waals surface area contributed by atoms with Gasteiger partial charge in [-0.2, -0.15) is 0 Å². The van der Waals surface area contributed by atoms with Crippen LogP contribution in [0.1, 0.15) is 17.7 Å². The Hall–Kier alpha value is -8.48. The summed E-state index contributed by atoms with van der Waals surface area (Å²) in [5.41, 5.74) is 17.3. The summed E-state index contributed by atoms with van der Waals surface area (Å²) in [5.74, 6) is 0. The lowest BCUT2D eigenvalue weighted by Gasteiger charge is -2.15. The van der Waals surface area contributed by atoms with Crippen LogP contribution in [-0.4, -0.2) is 13.7 Å². The zero-order valence-electron chi connectivity index (χ0n) is 38.4. The first kappa shape index (κ1) is 39.4. The second-order valence-electron chi connectivity index (χ2n) is 19.0. The highest BCUT2D eigenvalue weighted by molar-refractivity contribution is 7.26. The smallest absolute Gasteiger partial charge is 0.0641 e. The van der Waals surface area contributed by atoms with E-state index in [1.165, 1.54) is 134 Å². The van der Waals surface area contributed by atoms with Gasteiger partial charge >= 0.3 is 0 Å². The van der Waals surface area contributed by atoms with E-state index in [0.29, 0.717) is 0 Å². The number of allylic oxidation sites excluding steroid dienone is 1. The average molecular weight is 940 g/mol. The highest BCUT2D eigenvalue weighted by Gasteiger charge is 2.27. The van der Waals surface area contributed by atoms with E-state index >= 15 is 0 Å². The van der Waals surface area contributed by atoms with E-state index in [9.17, 15) is 0 Å². The molecule has 10 aromatic carbocycles. The first-order valence-electron chi connectivity index (χ1n) is 24.6. The van der Waals surface area contributed by atoms with Gasteiger partial charge in [-0.3, -0.25) is 0 Å². The number of aromatic nitrogens is 3. The summed E-state index contributed by atoms with van der Waals surface area (Å²) in [6, 6.07) is 79.2. The number of nitrogens with zero attached hydrogens (tertiary/aromatic N) is 3. The summed E-state index contributed by atoms with van der Waals surface area (Å²) >= 11 is 3.79. The van der Waals surface area contributed by atoms with Crippen molar-refractivity contribution in [2.75, 3.05) is 0 Å². The predicted octanol–water partition coefficient (Wildman–Crippen LogP) is 18.9. The summed E-state index contributed by atoms with van der Waals surface area (Å²) in [7, 11) is 0. The van der Waals surface area contributed by atoms with E-state index in [1.807, 2.05) is 22.7 Å². The third-order valence-electron chi connectivity index (χ3n) is 15.3. The summed E-state index contributed by atoms with van der Waals surface area (Å²) < 4.78 is 13.0. The molecule has 0 aliphatic heterocycles. The maximum Gasteiger partial charge on any atom is 0.0641 e. The van der Waals surface area contributed by atoms with E-state index in [1.54, 1.807) is 0 Å². The Labute approximate surface area is 416 Å². The minimum absolute atomic E-state index is 0.970. The standard InChI is InChI=1S/C66H41N3S2/c1-2-18-42(19-3-1)69-63-49(34-36-57-61(63)53-24-4-8-30-55(53)67(57)43-20-12-16-40(38-43)45-26-14-28-51-47-22-6-10-32-59(47)70-65(45)51)50-35-37-58-62(64(50)69)54-25-5-9-31-56(54)68(58)44-21-13-17-41(39-44)46-27-15-29-52-48-23-7-11-33-60(48)71-66(46)52/h1-8,10-30,32-39H,9,31H2. The first-order valence-corrected chi connectivity index (χ1v) is 26.2. The molecule has 0 saturated heterocycles. The van der Waals surface area contributed by atoms with Gasteiger partial charge in [0.05, 0.1) is 27.6 Å². The zero-order chi connectivity index (χ0) is 46.3. The molecule has 16 rings (SSSR count). The number of fused-ring (bicyclic) bond motifs is 17. The highest BCUT2D eigenvalue weighted by Crippen LogP contribution is 2.48. The summed E-state index contributed by atoms with van der Waals surface area (Å²) in [6.45, 7) is 0. The second-order valence-corrected chi connectivity index (χ2v) is 21.1. The van der Waals surface area contributed by atoms with Crippen LogP contribution in [0.2, 0.25) is 0 Å². The molecule has 332 valence electrons. The van der Waals surface area contributed by atoms with E-state index in [4.69, 9.17) is 0 Å². The molecule has 0 amide bonds. The van der Waals surface area contributed by atoms with Crippen molar-refractivity contribution in [1.29, 1.82) is 0 Å². The van der Waals surface area contributed by atoms with Gasteiger partial charge in [0.15, 0.2) is 0 Å². The van der Waals surface area contributed by atoms with Crippen LogP contribution in [0.25, 0.3) is 140 Å². The number of benzene rings is 10. The lowest BCUT2D eigenvalue weighted by molar-refractivity contribution is 0.889. The molecular formula is C66H41N3S2. The molecule has 0 radical (unpaired) electrons. The topological polar surface area (TPSA) is 14.8 Å². The Bertz CT molecular complexity index is 4760. The van der Waals surface area contributed by atoms with Crippen LogP contribution in [0.15, 0.2) is 218 Å². The predicted molar refractivity (Wildman–Crippen MR) is 306 cm³/mol. The Balaban J connectivity index is 0.955. The SMILES string of the molecule is C1=Cc2c(n(-c3cccc(-c4cccc5c4sc4ccccc45)c3)c3ccc4c5ccc6c(c7ccccc7n6-c6cccc(-c7cccc8c7sc7ccccc78)c6)c5n(-c5ccccc5)c4c23)CC1.